The Morgan fingerprint density at radius 1 is 0.552 bits per heavy atom. The molecule has 5 rings (SSSR count). The van der Waals surface area contributed by atoms with Crippen LogP contribution in [0.1, 0.15) is 5.56 Å². The van der Waals surface area contributed by atoms with Crippen LogP contribution in [0, 0.1) is 0 Å². The van der Waals surface area contributed by atoms with E-state index in [0.717, 1.165) is 44.8 Å². The van der Waals surface area contributed by atoms with E-state index in [1.54, 1.807) is 23.5 Å². The lowest BCUT2D eigenvalue weighted by molar-refractivity contribution is -0.137. The van der Waals surface area contributed by atoms with Gasteiger partial charge in [-0.2, -0.15) is 13.2 Å². The fourth-order valence-electron chi connectivity index (χ4n) is 3.95. The van der Waals surface area contributed by atoms with Crippen LogP contribution in [-0.2, 0) is 6.18 Å². The molecule has 0 unspecified atom stereocenters. The van der Waals surface area contributed by atoms with Crippen molar-refractivity contribution in [2.45, 2.75) is 6.18 Å². The standard InChI is InChI=1S/C25H15F3S/c26-25(27,28)17-13-11-16(12-14-17)23-18-6-1-3-8-20(18)24(22-10-5-15-29-22)21-9-4-2-7-19(21)23/h1-15H. The van der Waals surface area contributed by atoms with Crippen LogP contribution in [0.5, 0.6) is 0 Å². The number of rotatable bonds is 2. The van der Waals surface area contributed by atoms with Crippen molar-refractivity contribution < 1.29 is 13.2 Å². The zero-order valence-electron chi connectivity index (χ0n) is 15.2. The number of hydrogen-bond donors (Lipinski definition) is 0. The minimum Gasteiger partial charge on any atom is -0.166 e. The minimum atomic E-state index is -4.34. The maximum atomic E-state index is 13.0. The lowest BCUT2D eigenvalue weighted by Gasteiger charge is -2.17. The van der Waals surface area contributed by atoms with E-state index < -0.39 is 11.7 Å². The monoisotopic (exact) mass is 404 g/mol. The summed E-state index contributed by atoms with van der Waals surface area (Å²) in [5.74, 6) is 0. The van der Waals surface area contributed by atoms with Crippen LogP contribution in [-0.4, -0.2) is 0 Å². The zero-order valence-corrected chi connectivity index (χ0v) is 16.0. The normalized spacial score (nSPS) is 12.0. The van der Waals surface area contributed by atoms with E-state index in [9.17, 15) is 13.2 Å². The first-order valence-electron chi connectivity index (χ1n) is 9.19. The van der Waals surface area contributed by atoms with Crippen LogP contribution < -0.4 is 0 Å². The molecule has 0 atom stereocenters. The van der Waals surface area contributed by atoms with Gasteiger partial charge in [-0.15, -0.1) is 11.3 Å². The number of fused-ring (bicyclic) bond motifs is 2. The fraction of sp³-hybridized carbons (Fsp3) is 0.0400. The Kier molecular flexibility index (Phi) is 4.18. The molecule has 29 heavy (non-hydrogen) atoms. The predicted octanol–water partition coefficient (Wildman–Crippen LogP) is 8.41. The SMILES string of the molecule is FC(F)(F)c1ccc(-c2c3ccccc3c(-c3cccs3)c3ccccc23)cc1. The average molecular weight is 404 g/mol. The molecule has 0 saturated heterocycles. The van der Waals surface area contributed by atoms with Crippen LogP contribution in [0.2, 0.25) is 0 Å². The molecule has 0 radical (unpaired) electrons. The Balaban J connectivity index is 1.88. The Morgan fingerprint density at radius 3 is 1.52 bits per heavy atom. The summed E-state index contributed by atoms with van der Waals surface area (Å²) in [7, 11) is 0. The van der Waals surface area contributed by atoms with Gasteiger partial charge in [-0.1, -0.05) is 66.7 Å². The van der Waals surface area contributed by atoms with Gasteiger partial charge in [0, 0.05) is 10.4 Å². The Hall–Kier alpha value is -3.11. The molecule has 0 aliphatic rings. The summed E-state index contributed by atoms with van der Waals surface area (Å²) in [6.07, 6.45) is -4.34. The van der Waals surface area contributed by atoms with Crippen LogP contribution in [0.3, 0.4) is 0 Å². The van der Waals surface area contributed by atoms with Gasteiger partial charge in [0.15, 0.2) is 0 Å². The van der Waals surface area contributed by atoms with E-state index in [4.69, 9.17) is 0 Å². The van der Waals surface area contributed by atoms with Crippen molar-refractivity contribution in [3.63, 3.8) is 0 Å². The highest BCUT2D eigenvalue weighted by atomic mass is 32.1. The van der Waals surface area contributed by atoms with E-state index >= 15 is 0 Å². The van der Waals surface area contributed by atoms with Crippen molar-refractivity contribution in [3.8, 4) is 21.6 Å². The topological polar surface area (TPSA) is 0 Å². The third-order valence-corrected chi connectivity index (χ3v) is 6.09. The highest BCUT2D eigenvalue weighted by Crippen LogP contribution is 2.44. The van der Waals surface area contributed by atoms with Gasteiger partial charge in [-0.3, -0.25) is 0 Å². The van der Waals surface area contributed by atoms with Crippen molar-refractivity contribution in [1.29, 1.82) is 0 Å². The largest absolute Gasteiger partial charge is 0.416 e. The van der Waals surface area contributed by atoms with Crippen molar-refractivity contribution in [2.24, 2.45) is 0 Å². The second kappa shape index (κ2) is 6.75. The number of hydrogen-bond acceptors (Lipinski definition) is 1. The molecule has 1 heterocycles. The highest BCUT2D eigenvalue weighted by Gasteiger charge is 2.30. The smallest absolute Gasteiger partial charge is 0.166 e. The van der Waals surface area contributed by atoms with E-state index in [0.29, 0.717) is 0 Å². The van der Waals surface area contributed by atoms with Crippen molar-refractivity contribution in [1.82, 2.24) is 0 Å². The lowest BCUT2D eigenvalue weighted by Crippen LogP contribution is -2.04. The number of halogens is 3. The Bertz CT molecular complexity index is 1260. The maximum absolute atomic E-state index is 13.0. The number of thiophene rings is 1. The molecule has 0 saturated carbocycles. The van der Waals surface area contributed by atoms with E-state index in [1.807, 2.05) is 42.5 Å². The van der Waals surface area contributed by atoms with E-state index in [2.05, 4.69) is 23.6 Å². The Labute approximate surface area is 169 Å². The summed E-state index contributed by atoms with van der Waals surface area (Å²) >= 11 is 1.69. The first kappa shape index (κ1) is 18.0. The quantitative estimate of drug-likeness (QED) is 0.259. The van der Waals surface area contributed by atoms with Gasteiger partial charge >= 0.3 is 6.18 Å². The first-order chi connectivity index (χ1) is 14.0. The Morgan fingerprint density at radius 2 is 1.07 bits per heavy atom. The van der Waals surface area contributed by atoms with Gasteiger partial charge in [0.05, 0.1) is 5.56 Å². The molecule has 5 aromatic rings. The molecule has 4 aromatic carbocycles. The molecule has 4 heteroatoms. The number of benzene rings is 4. The van der Waals surface area contributed by atoms with E-state index in [-0.39, 0.29) is 0 Å². The van der Waals surface area contributed by atoms with Crippen molar-refractivity contribution >= 4 is 32.9 Å². The second-order valence-electron chi connectivity index (χ2n) is 6.89. The summed E-state index contributed by atoms with van der Waals surface area (Å²) in [6, 6.07) is 25.8. The third-order valence-electron chi connectivity index (χ3n) is 5.20. The van der Waals surface area contributed by atoms with Gasteiger partial charge in [0.2, 0.25) is 0 Å². The molecule has 142 valence electrons. The van der Waals surface area contributed by atoms with Crippen LogP contribution in [0.25, 0.3) is 43.1 Å². The third kappa shape index (κ3) is 3.00. The highest BCUT2D eigenvalue weighted by molar-refractivity contribution is 7.13. The van der Waals surface area contributed by atoms with Crippen LogP contribution >= 0.6 is 11.3 Å². The predicted molar refractivity (Wildman–Crippen MR) is 115 cm³/mol. The molecule has 0 fully saturated rings. The van der Waals surface area contributed by atoms with Crippen LogP contribution in [0.15, 0.2) is 90.3 Å². The zero-order chi connectivity index (χ0) is 20.0. The van der Waals surface area contributed by atoms with Gasteiger partial charge in [0.25, 0.3) is 0 Å². The van der Waals surface area contributed by atoms with Gasteiger partial charge in [-0.05, 0) is 56.3 Å². The number of alkyl halides is 3. The molecule has 0 N–H and O–H groups in total. The molecular formula is C25H15F3S. The molecular weight excluding hydrogens is 389 g/mol. The minimum absolute atomic E-state index is 0.634. The molecule has 1 aromatic heterocycles. The summed E-state index contributed by atoms with van der Waals surface area (Å²) < 4.78 is 39.1. The molecule has 0 spiro atoms. The molecule has 0 amide bonds. The maximum Gasteiger partial charge on any atom is 0.416 e. The summed E-state index contributed by atoms with van der Waals surface area (Å²) in [4.78, 5) is 1.18. The summed E-state index contributed by atoms with van der Waals surface area (Å²) in [5, 5.41) is 6.33. The van der Waals surface area contributed by atoms with Crippen LogP contribution in [0.4, 0.5) is 13.2 Å². The average Bonchev–Trinajstić information content (AvgIpc) is 3.25. The van der Waals surface area contributed by atoms with Gasteiger partial charge in [-0.25, -0.2) is 0 Å². The molecule has 0 aliphatic carbocycles. The molecule has 0 aliphatic heterocycles. The summed E-state index contributed by atoms with van der Waals surface area (Å²) in [5.41, 5.74) is 2.28. The first-order valence-corrected chi connectivity index (χ1v) is 10.1. The lowest BCUT2D eigenvalue weighted by atomic mass is 9.87. The van der Waals surface area contributed by atoms with Crippen molar-refractivity contribution in [3.05, 3.63) is 95.9 Å². The van der Waals surface area contributed by atoms with Gasteiger partial charge in [0.1, 0.15) is 0 Å². The molecule has 0 bridgehead atoms. The van der Waals surface area contributed by atoms with Gasteiger partial charge < -0.3 is 0 Å². The summed E-state index contributed by atoms with van der Waals surface area (Å²) in [6.45, 7) is 0. The second-order valence-corrected chi connectivity index (χ2v) is 7.84. The van der Waals surface area contributed by atoms with Crippen molar-refractivity contribution in [2.75, 3.05) is 0 Å². The van der Waals surface area contributed by atoms with E-state index in [1.165, 1.54) is 10.4 Å². The fourth-order valence-corrected chi connectivity index (χ4v) is 4.75. The molecule has 0 nitrogen and oxygen atoms in total.